The highest BCUT2D eigenvalue weighted by atomic mass is 32.1. The summed E-state index contributed by atoms with van der Waals surface area (Å²) < 4.78 is 4.60. The summed E-state index contributed by atoms with van der Waals surface area (Å²) in [5.74, 6) is -0.145. The molecular formula is C15H21NO3S. The normalized spacial score (nSPS) is 13.7. The lowest BCUT2D eigenvalue weighted by Crippen LogP contribution is -2.28. The van der Waals surface area contributed by atoms with Crippen LogP contribution in [0.5, 0.6) is 0 Å². The summed E-state index contributed by atoms with van der Waals surface area (Å²) in [5.41, 5.74) is 2.12. The van der Waals surface area contributed by atoms with Crippen LogP contribution in [0.2, 0.25) is 0 Å². The highest BCUT2D eigenvalue weighted by Crippen LogP contribution is 2.30. The van der Waals surface area contributed by atoms with Crippen molar-refractivity contribution >= 4 is 23.2 Å². The molecule has 1 amide bonds. The summed E-state index contributed by atoms with van der Waals surface area (Å²) in [6.45, 7) is 0.582. The van der Waals surface area contributed by atoms with Crippen molar-refractivity contribution in [2.75, 3.05) is 20.7 Å². The number of ether oxygens (including phenoxy) is 1. The summed E-state index contributed by atoms with van der Waals surface area (Å²) in [6, 6.07) is 0. The zero-order chi connectivity index (χ0) is 14.5. The fourth-order valence-electron chi connectivity index (χ4n) is 2.54. The van der Waals surface area contributed by atoms with E-state index in [-0.39, 0.29) is 11.9 Å². The largest absolute Gasteiger partial charge is 0.469 e. The third kappa shape index (κ3) is 3.39. The van der Waals surface area contributed by atoms with Crippen LogP contribution < -0.4 is 0 Å². The van der Waals surface area contributed by atoms with Crippen molar-refractivity contribution in [3.63, 3.8) is 0 Å². The predicted octanol–water partition coefficient (Wildman–Crippen LogP) is 2.65. The predicted molar refractivity (Wildman–Crippen MR) is 79.2 cm³/mol. The molecule has 2 rings (SSSR count). The molecule has 4 nitrogen and oxygen atoms in total. The first-order valence-electron chi connectivity index (χ1n) is 7.05. The first-order valence-corrected chi connectivity index (χ1v) is 7.93. The van der Waals surface area contributed by atoms with E-state index in [9.17, 15) is 9.59 Å². The van der Waals surface area contributed by atoms with Gasteiger partial charge >= 0.3 is 5.97 Å². The number of nitrogens with zero attached hydrogens (tertiary/aromatic N) is 1. The van der Waals surface area contributed by atoms with Gasteiger partial charge in [0, 0.05) is 30.3 Å². The van der Waals surface area contributed by atoms with E-state index in [1.807, 2.05) is 5.38 Å². The van der Waals surface area contributed by atoms with Gasteiger partial charge in [-0.05, 0) is 37.7 Å². The highest BCUT2D eigenvalue weighted by Gasteiger charge is 2.22. The molecule has 1 aromatic rings. The number of carbonyl (C=O) groups is 2. The third-order valence-corrected chi connectivity index (χ3v) is 4.83. The Labute approximate surface area is 123 Å². The monoisotopic (exact) mass is 295 g/mol. The standard InChI is InChI=1S/C15H21NO3S/c1-16(9-5-8-14(17)19-2)15(18)12-10-20-13-7-4-3-6-11(12)13/h10H,3-9H2,1-2H3. The fourth-order valence-corrected chi connectivity index (χ4v) is 3.66. The number of methoxy groups -OCH3 is 1. The van der Waals surface area contributed by atoms with Gasteiger partial charge in [0.05, 0.1) is 12.7 Å². The molecule has 110 valence electrons. The number of fused-ring (bicyclic) bond motifs is 1. The van der Waals surface area contributed by atoms with Gasteiger partial charge in [-0.25, -0.2) is 0 Å². The Morgan fingerprint density at radius 3 is 2.85 bits per heavy atom. The van der Waals surface area contributed by atoms with E-state index >= 15 is 0 Å². The van der Waals surface area contributed by atoms with Crippen LogP contribution >= 0.6 is 11.3 Å². The molecule has 1 heterocycles. The number of esters is 1. The van der Waals surface area contributed by atoms with Gasteiger partial charge < -0.3 is 9.64 Å². The van der Waals surface area contributed by atoms with E-state index < -0.39 is 0 Å². The van der Waals surface area contributed by atoms with Gasteiger partial charge in [0.15, 0.2) is 0 Å². The molecule has 0 radical (unpaired) electrons. The summed E-state index contributed by atoms with van der Waals surface area (Å²) >= 11 is 1.71. The number of thiophene rings is 1. The molecule has 20 heavy (non-hydrogen) atoms. The van der Waals surface area contributed by atoms with Crippen LogP contribution in [0.15, 0.2) is 5.38 Å². The summed E-state index contributed by atoms with van der Waals surface area (Å²) in [7, 11) is 3.18. The average molecular weight is 295 g/mol. The molecule has 0 unspecified atom stereocenters. The SMILES string of the molecule is COC(=O)CCCN(C)C(=O)c1csc2c1CCCC2. The van der Waals surface area contributed by atoms with Crippen molar-refractivity contribution in [1.82, 2.24) is 4.90 Å². The maximum Gasteiger partial charge on any atom is 0.305 e. The van der Waals surface area contributed by atoms with E-state index in [2.05, 4.69) is 4.74 Å². The number of rotatable bonds is 5. The summed E-state index contributed by atoms with van der Waals surface area (Å²) in [5, 5.41) is 2.00. The summed E-state index contributed by atoms with van der Waals surface area (Å²) in [6.07, 6.45) is 5.54. The van der Waals surface area contributed by atoms with Gasteiger partial charge in [0.25, 0.3) is 5.91 Å². The molecule has 0 bridgehead atoms. The zero-order valence-corrected chi connectivity index (χ0v) is 12.9. The molecule has 1 aliphatic carbocycles. The average Bonchev–Trinajstić information content (AvgIpc) is 2.90. The maximum absolute atomic E-state index is 12.4. The number of amides is 1. The topological polar surface area (TPSA) is 46.6 Å². The van der Waals surface area contributed by atoms with Crippen molar-refractivity contribution in [2.24, 2.45) is 0 Å². The van der Waals surface area contributed by atoms with Crippen molar-refractivity contribution < 1.29 is 14.3 Å². The van der Waals surface area contributed by atoms with Crippen molar-refractivity contribution in [3.8, 4) is 0 Å². The van der Waals surface area contributed by atoms with Crippen LogP contribution in [-0.2, 0) is 22.4 Å². The molecular weight excluding hydrogens is 274 g/mol. The molecule has 1 aliphatic rings. The minimum atomic E-state index is -0.223. The Kier molecular flexibility index (Phi) is 5.17. The molecule has 0 N–H and O–H groups in total. The molecule has 0 atom stereocenters. The highest BCUT2D eigenvalue weighted by molar-refractivity contribution is 7.10. The van der Waals surface area contributed by atoms with Gasteiger partial charge in [-0.1, -0.05) is 0 Å². The minimum absolute atomic E-state index is 0.0780. The number of carbonyl (C=O) groups excluding carboxylic acids is 2. The van der Waals surface area contributed by atoms with E-state index in [0.717, 1.165) is 18.4 Å². The van der Waals surface area contributed by atoms with Crippen molar-refractivity contribution in [3.05, 3.63) is 21.4 Å². The van der Waals surface area contributed by atoms with E-state index in [1.165, 1.54) is 30.4 Å². The van der Waals surface area contributed by atoms with Gasteiger partial charge in [-0.3, -0.25) is 9.59 Å². The molecule has 0 saturated heterocycles. The van der Waals surface area contributed by atoms with Crippen LogP contribution in [0.25, 0.3) is 0 Å². The van der Waals surface area contributed by atoms with Gasteiger partial charge in [-0.15, -0.1) is 11.3 Å². The van der Waals surface area contributed by atoms with Crippen molar-refractivity contribution in [2.45, 2.75) is 38.5 Å². The molecule has 5 heteroatoms. The second-order valence-corrected chi connectivity index (χ2v) is 6.13. The van der Waals surface area contributed by atoms with Crippen molar-refractivity contribution in [1.29, 1.82) is 0 Å². The Balaban J connectivity index is 1.93. The molecule has 0 spiro atoms. The first kappa shape index (κ1) is 15.0. The Morgan fingerprint density at radius 2 is 2.10 bits per heavy atom. The van der Waals surface area contributed by atoms with Gasteiger partial charge in [-0.2, -0.15) is 0 Å². The molecule has 0 saturated carbocycles. The second kappa shape index (κ2) is 6.88. The first-order chi connectivity index (χ1) is 9.63. The Hall–Kier alpha value is -1.36. The number of aryl methyl sites for hydroxylation is 1. The zero-order valence-electron chi connectivity index (χ0n) is 12.1. The molecule has 0 fully saturated rings. The van der Waals surface area contributed by atoms with Gasteiger partial charge in [0.2, 0.25) is 0 Å². The quantitative estimate of drug-likeness (QED) is 0.785. The van der Waals surface area contributed by atoms with E-state index in [0.29, 0.717) is 19.4 Å². The minimum Gasteiger partial charge on any atom is -0.469 e. The molecule has 0 aromatic carbocycles. The van der Waals surface area contributed by atoms with E-state index in [4.69, 9.17) is 0 Å². The third-order valence-electron chi connectivity index (χ3n) is 3.74. The van der Waals surface area contributed by atoms with E-state index in [1.54, 1.807) is 23.3 Å². The van der Waals surface area contributed by atoms with Crippen LogP contribution in [0.4, 0.5) is 0 Å². The van der Waals surface area contributed by atoms with Crippen LogP contribution in [0, 0.1) is 0 Å². The number of hydrogen-bond acceptors (Lipinski definition) is 4. The van der Waals surface area contributed by atoms with Gasteiger partial charge in [0.1, 0.15) is 0 Å². The Morgan fingerprint density at radius 1 is 1.35 bits per heavy atom. The lowest BCUT2D eigenvalue weighted by atomic mass is 9.95. The maximum atomic E-state index is 12.4. The lowest BCUT2D eigenvalue weighted by Gasteiger charge is -2.18. The smallest absolute Gasteiger partial charge is 0.305 e. The lowest BCUT2D eigenvalue weighted by molar-refractivity contribution is -0.140. The fraction of sp³-hybridized carbons (Fsp3) is 0.600. The molecule has 1 aromatic heterocycles. The Bertz CT molecular complexity index is 495. The summed E-state index contributed by atoms with van der Waals surface area (Å²) in [4.78, 5) is 26.6. The van der Waals surface area contributed by atoms with Crippen LogP contribution in [0.3, 0.4) is 0 Å². The molecule has 0 aliphatic heterocycles. The second-order valence-electron chi connectivity index (χ2n) is 5.16. The van der Waals surface area contributed by atoms with Crippen LogP contribution in [0.1, 0.15) is 46.5 Å². The van der Waals surface area contributed by atoms with Crippen LogP contribution in [-0.4, -0.2) is 37.5 Å². The number of hydrogen-bond donors (Lipinski definition) is 0.